The fourth-order valence-electron chi connectivity index (χ4n) is 3.80. The number of carbonyl (C=O) groups excluding carboxylic acids is 1. The molecule has 3 aromatic rings. The Labute approximate surface area is 166 Å². The van der Waals surface area contributed by atoms with Crippen molar-refractivity contribution < 1.29 is 4.79 Å². The van der Waals surface area contributed by atoms with E-state index in [9.17, 15) is 4.79 Å². The van der Waals surface area contributed by atoms with Gasteiger partial charge in [0.25, 0.3) is 9.70 Å². The van der Waals surface area contributed by atoms with Gasteiger partial charge in [0, 0.05) is 28.7 Å². The number of aromatic amines is 1. The summed E-state index contributed by atoms with van der Waals surface area (Å²) in [6, 6.07) is 18.2. The zero-order chi connectivity index (χ0) is 18.3. The van der Waals surface area contributed by atoms with Gasteiger partial charge in [0.15, 0.2) is 0 Å². The number of H-pyrrole nitrogens is 1. The third-order valence-corrected chi connectivity index (χ3v) is 5.37. The number of nitrogens with zero attached hydrogens (tertiary/aromatic N) is 1. The second-order valence-corrected chi connectivity index (χ2v) is 8.76. The number of hydrogen-bond acceptors (Lipinski definition) is 1. The quantitative estimate of drug-likeness (QED) is 0.530. The van der Waals surface area contributed by atoms with Crippen molar-refractivity contribution in [2.45, 2.75) is 22.7 Å². The number of para-hydroxylation sites is 1. The van der Waals surface area contributed by atoms with E-state index in [1.807, 2.05) is 36.4 Å². The van der Waals surface area contributed by atoms with Crippen molar-refractivity contribution in [3.8, 4) is 11.1 Å². The molecule has 0 bridgehead atoms. The van der Waals surface area contributed by atoms with Crippen LogP contribution < -0.4 is 0 Å². The Hall–Kier alpha value is -1.68. The van der Waals surface area contributed by atoms with Crippen molar-refractivity contribution in [2.75, 3.05) is 6.54 Å². The first kappa shape index (κ1) is 17.7. The van der Waals surface area contributed by atoms with Crippen molar-refractivity contribution >= 4 is 51.6 Å². The smallest absolute Gasteiger partial charge is 0.275 e. The number of benzene rings is 2. The van der Waals surface area contributed by atoms with Gasteiger partial charge in [-0.15, -0.1) is 0 Å². The first-order valence-electron chi connectivity index (χ1n) is 8.50. The highest BCUT2D eigenvalue weighted by Gasteiger charge is 2.42. The first-order chi connectivity index (χ1) is 12.5. The van der Waals surface area contributed by atoms with Gasteiger partial charge in [-0.2, -0.15) is 0 Å². The Balaban J connectivity index is 1.88. The van der Waals surface area contributed by atoms with Crippen LogP contribution in [0.4, 0.5) is 0 Å². The molecule has 2 aromatic carbocycles. The molecule has 3 nitrogen and oxygen atoms in total. The van der Waals surface area contributed by atoms with Gasteiger partial charge in [0.2, 0.25) is 0 Å². The Kier molecular flexibility index (Phi) is 4.64. The molecule has 1 amide bonds. The van der Waals surface area contributed by atoms with Crippen LogP contribution in [0.5, 0.6) is 0 Å². The normalized spacial score (nSPS) is 17.8. The van der Waals surface area contributed by atoms with Gasteiger partial charge in [0.1, 0.15) is 0 Å². The molecule has 1 aromatic heterocycles. The van der Waals surface area contributed by atoms with E-state index in [1.54, 1.807) is 4.90 Å². The number of alkyl halides is 3. The minimum absolute atomic E-state index is 0.138. The fourth-order valence-corrected chi connectivity index (χ4v) is 4.13. The second-order valence-electron chi connectivity index (χ2n) is 6.48. The Morgan fingerprint density at radius 1 is 1.04 bits per heavy atom. The van der Waals surface area contributed by atoms with Crippen LogP contribution in [-0.2, 0) is 4.79 Å². The van der Waals surface area contributed by atoms with Crippen molar-refractivity contribution in [2.24, 2.45) is 0 Å². The van der Waals surface area contributed by atoms with E-state index < -0.39 is 9.70 Å². The lowest BCUT2D eigenvalue weighted by molar-refractivity contribution is -0.131. The molecule has 4 rings (SSSR count). The molecule has 0 unspecified atom stereocenters. The lowest BCUT2D eigenvalue weighted by Gasteiger charge is -2.28. The number of carbonyl (C=O) groups is 1. The summed E-state index contributed by atoms with van der Waals surface area (Å²) in [6.45, 7) is 0.584. The minimum Gasteiger partial charge on any atom is -0.356 e. The topological polar surface area (TPSA) is 36.1 Å². The van der Waals surface area contributed by atoms with Crippen molar-refractivity contribution in [3.63, 3.8) is 0 Å². The highest BCUT2D eigenvalue weighted by atomic mass is 35.6. The number of fused-ring (bicyclic) bond motifs is 1. The average molecular weight is 408 g/mol. The van der Waals surface area contributed by atoms with Gasteiger partial charge in [-0.25, -0.2) is 0 Å². The van der Waals surface area contributed by atoms with Gasteiger partial charge < -0.3 is 9.88 Å². The van der Waals surface area contributed by atoms with Crippen LogP contribution in [0.15, 0.2) is 54.6 Å². The maximum absolute atomic E-state index is 12.6. The third kappa shape index (κ3) is 3.09. The van der Waals surface area contributed by atoms with Crippen LogP contribution in [0.1, 0.15) is 24.6 Å². The van der Waals surface area contributed by atoms with Crippen LogP contribution in [0.25, 0.3) is 22.0 Å². The Morgan fingerprint density at radius 3 is 2.46 bits per heavy atom. The van der Waals surface area contributed by atoms with Crippen LogP contribution in [0.2, 0.25) is 0 Å². The molecule has 1 saturated heterocycles. The van der Waals surface area contributed by atoms with E-state index in [-0.39, 0.29) is 6.04 Å². The van der Waals surface area contributed by atoms with Gasteiger partial charge >= 0.3 is 0 Å². The van der Waals surface area contributed by atoms with Crippen LogP contribution in [0.3, 0.4) is 0 Å². The van der Waals surface area contributed by atoms with Gasteiger partial charge in [-0.3, -0.25) is 4.79 Å². The number of aromatic nitrogens is 1. The molecule has 0 saturated carbocycles. The Bertz CT molecular complexity index is 947. The number of rotatable bonds is 2. The molecule has 2 heterocycles. The van der Waals surface area contributed by atoms with E-state index in [2.05, 4.69) is 23.2 Å². The third-order valence-electron chi connectivity index (χ3n) is 4.89. The summed E-state index contributed by atoms with van der Waals surface area (Å²) in [6.07, 6.45) is 1.71. The molecule has 1 atom stereocenters. The lowest BCUT2D eigenvalue weighted by Crippen LogP contribution is -2.39. The average Bonchev–Trinajstić information content (AvgIpc) is 3.25. The van der Waals surface area contributed by atoms with Crippen molar-refractivity contribution in [1.29, 1.82) is 0 Å². The number of nitrogens with one attached hydrogen (secondary N) is 1. The van der Waals surface area contributed by atoms with E-state index in [0.717, 1.165) is 40.6 Å². The molecule has 1 aliphatic rings. The second kappa shape index (κ2) is 6.80. The standard InChI is InChI=1S/C20H17Cl3N2O/c21-20(22,23)19(26)25-12-6-11-16(25)18-17(13-7-2-1-3-8-13)14-9-4-5-10-15(14)24-18/h1-5,7-10,16,24H,6,11-12H2/t16-/m0/s1. The van der Waals surface area contributed by atoms with E-state index in [1.165, 1.54) is 0 Å². The fraction of sp³-hybridized carbons (Fsp3) is 0.250. The van der Waals surface area contributed by atoms with Crippen molar-refractivity contribution in [3.05, 3.63) is 60.3 Å². The predicted molar refractivity (Wildman–Crippen MR) is 108 cm³/mol. The molecule has 0 radical (unpaired) electrons. The number of hydrogen-bond donors (Lipinski definition) is 1. The summed E-state index contributed by atoms with van der Waals surface area (Å²) >= 11 is 17.6. The van der Waals surface area contributed by atoms with E-state index in [4.69, 9.17) is 34.8 Å². The summed E-state index contributed by atoms with van der Waals surface area (Å²) in [4.78, 5) is 17.8. The summed E-state index contributed by atoms with van der Waals surface area (Å²) < 4.78 is -1.94. The molecule has 1 fully saturated rings. The zero-order valence-corrected chi connectivity index (χ0v) is 16.2. The summed E-state index contributed by atoms with van der Waals surface area (Å²) in [5.41, 5.74) is 4.25. The van der Waals surface area contributed by atoms with Gasteiger partial charge in [-0.1, -0.05) is 83.3 Å². The van der Waals surface area contributed by atoms with Crippen LogP contribution in [-0.4, -0.2) is 26.1 Å². The lowest BCUT2D eigenvalue weighted by atomic mass is 9.97. The first-order valence-corrected chi connectivity index (χ1v) is 9.64. The van der Waals surface area contributed by atoms with Crippen molar-refractivity contribution in [1.82, 2.24) is 9.88 Å². The zero-order valence-electron chi connectivity index (χ0n) is 13.9. The van der Waals surface area contributed by atoms with E-state index >= 15 is 0 Å². The minimum atomic E-state index is -1.94. The van der Waals surface area contributed by atoms with Crippen LogP contribution >= 0.6 is 34.8 Å². The molecule has 0 aliphatic carbocycles. The molecule has 134 valence electrons. The maximum atomic E-state index is 12.6. The number of amides is 1. The van der Waals surface area contributed by atoms with E-state index in [0.29, 0.717) is 6.54 Å². The molecule has 1 N–H and O–H groups in total. The van der Waals surface area contributed by atoms with Gasteiger partial charge in [0.05, 0.1) is 6.04 Å². The van der Waals surface area contributed by atoms with Gasteiger partial charge in [-0.05, 0) is 24.5 Å². The maximum Gasteiger partial charge on any atom is 0.275 e. The molecular weight excluding hydrogens is 391 g/mol. The summed E-state index contributed by atoms with van der Waals surface area (Å²) in [5, 5.41) is 1.13. The number of likely N-dealkylation sites (tertiary alicyclic amines) is 1. The van der Waals surface area contributed by atoms with Crippen LogP contribution in [0, 0.1) is 0 Å². The monoisotopic (exact) mass is 406 g/mol. The SMILES string of the molecule is O=C(N1CCC[C@H]1c1[nH]c2ccccc2c1-c1ccccc1)C(Cl)(Cl)Cl. The molecule has 1 aliphatic heterocycles. The summed E-state index contributed by atoms with van der Waals surface area (Å²) in [5.74, 6) is -0.470. The molecule has 0 spiro atoms. The molecule has 26 heavy (non-hydrogen) atoms. The summed E-state index contributed by atoms with van der Waals surface area (Å²) in [7, 11) is 0. The molecular formula is C20H17Cl3N2O. The Morgan fingerprint density at radius 2 is 1.73 bits per heavy atom. The molecule has 6 heteroatoms. The largest absolute Gasteiger partial charge is 0.356 e. The number of halogens is 3. The highest BCUT2D eigenvalue weighted by molar-refractivity contribution is 6.76. The highest BCUT2D eigenvalue weighted by Crippen LogP contribution is 2.43. The predicted octanol–water partition coefficient (Wildman–Crippen LogP) is 5.87.